The van der Waals surface area contributed by atoms with Gasteiger partial charge in [0.25, 0.3) is 0 Å². The van der Waals surface area contributed by atoms with E-state index in [9.17, 15) is 4.79 Å². The Morgan fingerprint density at radius 1 is 0.441 bits per heavy atom. The second kappa shape index (κ2) is 49.2. The van der Waals surface area contributed by atoms with Crippen LogP contribution in [0.2, 0.25) is 0 Å². The molecule has 0 aromatic carbocycles. The van der Waals surface area contributed by atoms with Gasteiger partial charge in [0.1, 0.15) is 0 Å². The van der Waals surface area contributed by atoms with Gasteiger partial charge in [-0.05, 0) is 83.3 Å². The van der Waals surface area contributed by atoms with Gasteiger partial charge in [-0.2, -0.15) is 11.8 Å². The minimum atomic E-state index is -1.36. The molecule has 0 N–H and O–H groups in total. The molecule has 9 unspecified atom stereocenters. The first-order valence-corrected chi connectivity index (χ1v) is 38.8. The summed E-state index contributed by atoms with van der Waals surface area (Å²) in [5, 5.41) is 0. The van der Waals surface area contributed by atoms with Crippen molar-refractivity contribution in [1.82, 2.24) is 0 Å². The van der Waals surface area contributed by atoms with Crippen LogP contribution in [-0.4, -0.2) is 98.9 Å². The fourth-order valence-corrected chi connectivity index (χ4v) is 20.4. The molecule has 68 heavy (non-hydrogen) atoms. The van der Waals surface area contributed by atoms with E-state index in [1.807, 2.05) is 0 Å². The standard InChI is InChI=1S/C49H102O10P4S5/c1-15-23-27-45(19-5)33-52-60(53-34-46(20-6)28-24-16-2)66-38-42(10)58-63(68-40-44(12)57-62(56-41(9)37-64-14)65-32-31-49(50)51-13)59-43(11)39-67-61(54-35-47(21-7)29-25-17-3)55-36-48(22-8)30-26-18-4/h41-48H,15-40H2,1-14H3. The molecule has 0 amide bonds. The lowest BCUT2D eigenvalue weighted by Gasteiger charge is -2.28. The molecule has 0 aromatic heterocycles. The van der Waals surface area contributed by atoms with E-state index >= 15 is 0 Å². The maximum Gasteiger partial charge on any atom is 0.306 e. The van der Waals surface area contributed by atoms with Crippen molar-refractivity contribution in [2.75, 3.05) is 68.6 Å². The van der Waals surface area contributed by atoms with E-state index in [2.05, 4.69) is 89.3 Å². The Kier molecular flexibility index (Phi) is 51.1. The van der Waals surface area contributed by atoms with Crippen molar-refractivity contribution in [3.8, 4) is 0 Å². The lowest BCUT2D eigenvalue weighted by atomic mass is 10.0. The van der Waals surface area contributed by atoms with E-state index in [1.54, 1.807) is 57.3 Å². The molecule has 0 saturated carbocycles. The largest absolute Gasteiger partial charge is 0.469 e. The van der Waals surface area contributed by atoms with Crippen LogP contribution >= 0.6 is 87.6 Å². The second-order valence-electron chi connectivity index (χ2n) is 17.9. The summed E-state index contributed by atoms with van der Waals surface area (Å²) in [7, 11) is -3.47. The Labute approximate surface area is 445 Å². The molecule has 0 heterocycles. The fourth-order valence-electron chi connectivity index (χ4n) is 6.40. The number of esters is 1. The molecule has 9 atom stereocenters. The van der Waals surface area contributed by atoms with Crippen molar-refractivity contribution in [3.63, 3.8) is 0 Å². The Balaban J connectivity index is 6.23. The van der Waals surface area contributed by atoms with Crippen molar-refractivity contribution >= 4 is 93.6 Å². The lowest BCUT2D eigenvalue weighted by molar-refractivity contribution is -0.140. The normalized spacial score (nSPS) is 17.4. The molecule has 0 radical (unpaired) electrons. The quantitative estimate of drug-likeness (QED) is 0.0426. The third-order valence-corrected chi connectivity index (χ3v) is 25.4. The van der Waals surface area contributed by atoms with Gasteiger partial charge in [0.2, 0.25) is 30.3 Å². The molecule has 10 nitrogen and oxygen atoms in total. The van der Waals surface area contributed by atoms with Crippen LogP contribution in [0.1, 0.15) is 192 Å². The molecule has 0 aromatic rings. The summed E-state index contributed by atoms with van der Waals surface area (Å²) in [6, 6.07) is 0. The predicted octanol–water partition coefficient (Wildman–Crippen LogP) is 19.3. The zero-order chi connectivity index (χ0) is 50.8. The molecule has 0 aliphatic rings. The smallest absolute Gasteiger partial charge is 0.306 e. The summed E-state index contributed by atoms with van der Waals surface area (Å²) in [6.45, 7) is 29.6. The Bertz CT molecular complexity index is 1030. The molecule has 0 spiro atoms. The molecular formula is C49H102O10P4S5. The highest BCUT2D eigenvalue weighted by molar-refractivity contribution is 8.54. The Morgan fingerprint density at radius 2 is 0.735 bits per heavy atom. The zero-order valence-corrected chi connectivity index (χ0v) is 53.1. The Hall–Kier alpha value is 2.62. The van der Waals surface area contributed by atoms with Crippen LogP contribution in [0.3, 0.4) is 0 Å². The maximum atomic E-state index is 11.9. The monoisotopic (exact) mass is 1130 g/mol. The summed E-state index contributed by atoms with van der Waals surface area (Å²) < 4.78 is 58.1. The SMILES string of the molecule is CCCCC(CC)COP(OCC(CC)CCCC)SCC(C)OP(OC(C)CSP(OCC(CC)CCCC)OCC(CC)CCCC)SCC(C)OP(OC(C)CSC)SCCC(=O)OC. The molecule has 0 saturated heterocycles. The van der Waals surface area contributed by atoms with Crippen LogP contribution in [0.15, 0.2) is 0 Å². The number of rotatable bonds is 51. The number of unbranched alkanes of at least 4 members (excludes halogenated alkanes) is 4. The molecule has 0 aliphatic carbocycles. The highest BCUT2D eigenvalue weighted by Crippen LogP contribution is 2.60. The van der Waals surface area contributed by atoms with Gasteiger partial charge in [0, 0.05) is 28.8 Å². The number of hydrogen-bond donors (Lipinski definition) is 0. The molecule has 0 bridgehead atoms. The topological polar surface area (TPSA) is 100 Å². The molecule has 0 fully saturated rings. The van der Waals surface area contributed by atoms with E-state index in [1.165, 1.54) is 84.2 Å². The average Bonchev–Trinajstić information content (AvgIpc) is 3.33. The van der Waals surface area contributed by atoms with E-state index in [0.29, 0.717) is 41.6 Å². The summed E-state index contributed by atoms with van der Waals surface area (Å²) >= 11 is 8.53. The van der Waals surface area contributed by atoms with Gasteiger partial charge in [-0.1, -0.05) is 178 Å². The summed E-state index contributed by atoms with van der Waals surface area (Å²) in [6.07, 6.45) is 21.1. The van der Waals surface area contributed by atoms with Crippen LogP contribution in [0.4, 0.5) is 0 Å². The van der Waals surface area contributed by atoms with Crippen molar-refractivity contribution in [2.24, 2.45) is 23.7 Å². The van der Waals surface area contributed by atoms with E-state index in [0.717, 1.165) is 69.4 Å². The highest BCUT2D eigenvalue weighted by atomic mass is 32.7. The van der Waals surface area contributed by atoms with Crippen LogP contribution in [0, 0.1) is 23.7 Å². The fraction of sp³-hybridized carbons (Fsp3) is 0.980. The maximum absolute atomic E-state index is 11.9. The molecule has 0 aliphatic heterocycles. The first kappa shape index (κ1) is 70.6. The van der Waals surface area contributed by atoms with Crippen LogP contribution in [0.25, 0.3) is 0 Å². The van der Waals surface area contributed by atoms with Gasteiger partial charge >= 0.3 is 5.97 Å². The van der Waals surface area contributed by atoms with Gasteiger partial charge < -0.3 is 40.9 Å². The lowest BCUT2D eigenvalue weighted by Crippen LogP contribution is -2.16. The van der Waals surface area contributed by atoms with Gasteiger partial charge in [0.05, 0.1) is 64.4 Å². The van der Waals surface area contributed by atoms with Gasteiger partial charge in [-0.3, -0.25) is 4.79 Å². The van der Waals surface area contributed by atoms with Crippen molar-refractivity contribution < 1.29 is 45.7 Å². The second-order valence-corrected chi connectivity index (χ2v) is 31.6. The van der Waals surface area contributed by atoms with E-state index in [4.69, 9.17) is 40.9 Å². The van der Waals surface area contributed by atoms with Crippen LogP contribution in [0.5, 0.6) is 0 Å². The van der Waals surface area contributed by atoms with E-state index in [-0.39, 0.29) is 30.4 Å². The van der Waals surface area contributed by atoms with Crippen LogP contribution in [-0.2, 0) is 45.7 Å². The number of carbonyl (C=O) groups is 1. The van der Waals surface area contributed by atoms with Gasteiger partial charge in [-0.15, -0.1) is 0 Å². The summed E-state index contributed by atoms with van der Waals surface area (Å²) in [5.41, 5.74) is 0. The summed E-state index contributed by atoms with van der Waals surface area (Å²) in [4.78, 5) is 11.9. The third-order valence-electron chi connectivity index (χ3n) is 11.3. The average molecular weight is 1140 g/mol. The minimum absolute atomic E-state index is 0.0285. The predicted molar refractivity (Wildman–Crippen MR) is 312 cm³/mol. The molecule has 0 rings (SSSR count). The van der Waals surface area contributed by atoms with Gasteiger partial charge in [-0.25, -0.2) is 0 Å². The van der Waals surface area contributed by atoms with Gasteiger partial charge in [0.15, 0.2) is 0 Å². The summed E-state index contributed by atoms with van der Waals surface area (Å²) in [5.74, 6) is 5.55. The number of hydrogen-bond acceptors (Lipinski definition) is 15. The number of ether oxygens (including phenoxy) is 1. The van der Waals surface area contributed by atoms with E-state index < -0.39 is 30.3 Å². The van der Waals surface area contributed by atoms with Crippen LogP contribution < -0.4 is 0 Å². The number of thioether (sulfide) groups is 1. The van der Waals surface area contributed by atoms with Crippen molar-refractivity contribution in [1.29, 1.82) is 0 Å². The molecule has 408 valence electrons. The molecular weight excluding hydrogens is 1030 g/mol. The number of methoxy groups -OCH3 is 1. The third kappa shape index (κ3) is 40.0. The minimum Gasteiger partial charge on any atom is -0.469 e. The first-order chi connectivity index (χ1) is 32.8. The zero-order valence-electron chi connectivity index (χ0n) is 45.4. The molecule has 19 heteroatoms. The van der Waals surface area contributed by atoms with Crippen molar-refractivity contribution in [3.05, 3.63) is 0 Å². The first-order valence-electron chi connectivity index (χ1n) is 26.3. The van der Waals surface area contributed by atoms with Crippen molar-refractivity contribution in [2.45, 2.75) is 217 Å². The number of carbonyl (C=O) groups excluding carboxylic acids is 1. The Morgan fingerprint density at radius 3 is 1.01 bits per heavy atom. The highest BCUT2D eigenvalue weighted by Gasteiger charge is 2.27.